The van der Waals surface area contributed by atoms with E-state index in [1.54, 1.807) is 31.7 Å². The first-order valence-electron chi connectivity index (χ1n) is 19.6. The van der Waals surface area contributed by atoms with Crippen molar-refractivity contribution in [2.45, 2.75) is 45.4 Å². The summed E-state index contributed by atoms with van der Waals surface area (Å²) in [5, 5.41) is 12.2. The summed E-state index contributed by atoms with van der Waals surface area (Å²) >= 11 is 6.54. The van der Waals surface area contributed by atoms with E-state index in [2.05, 4.69) is 45.1 Å². The number of alkyl carbamates (subject to hydrolysis) is 1. The van der Waals surface area contributed by atoms with E-state index in [4.69, 9.17) is 16.3 Å². The number of rotatable bonds is 10. The van der Waals surface area contributed by atoms with Gasteiger partial charge in [-0.3, -0.25) is 14.4 Å². The molecule has 4 aromatic rings. The van der Waals surface area contributed by atoms with Gasteiger partial charge >= 0.3 is 12.3 Å². The SMILES string of the molecule is Cn1c(-c2cn(-c3ccc(NCCNC(=O)OC(C)(C)C)cn3)nc2C(F)(F)F)cnc1C(=O)Nc1ccc(C(=O)N2CCN(C(=O)C3CC[N+](C)(C)CC3)CC2)c(Cl)c1.[I-]. The van der Waals surface area contributed by atoms with Gasteiger partial charge in [-0.05, 0) is 51.1 Å². The molecule has 0 spiro atoms. The molecule has 61 heavy (non-hydrogen) atoms. The second-order valence-corrected chi connectivity index (χ2v) is 17.0. The van der Waals surface area contributed by atoms with Crippen LogP contribution in [0.15, 0.2) is 48.9 Å². The number of carbonyl (C=O) groups excluding carboxylic acids is 4. The lowest BCUT2D eigenvalue weighted by Crippen LogP contribution is -3.00. The number of likely N-dealkylation sites (tertiary alicyclic amines) is 1. The number of ether oxygens (including phenoxy) is 1. The van der Waals surface area contributed by atoms with Gasteiger partial charge in [-0.15, -0.1) is 0 Å². The Balaban J connectivity index is 0.00000704. The Bertz CT molecular complexity index is 2220. The highest BCUT2D eigenvalue weighted by Gasteiger charge is 2.39. The fourth-order valence-corrected chi connectivity index (χ4v) is 7.36. The number of quaternary nitrogens is 1. The predicted octanol–water partition coefficient (Wildman–Crippen LogP) is 2.30. The summed E-state index contributed by atoms with van der Waals surface area (Å²) in [6.45, 7) is 9.35. The number of halogens is 5. The lowest BCUT2D eigenvalue weighted by atomic mass is 9.94. The molecule has 2 aliphatic heterocycles. The summed E-state index contributed by atoms with van der Waals surface area (Å²) < 4.78 is 51.2. The van der Waals surface area contributed by atoms with Gasteiger partial charge in [0.15, 0.2) is 17.3 Å². The Morgan fingerprint density at radius 2 is 1.57 bits per heavy atom. The summed E-state index contributed by atoms with van der Waals surface area (Å²) in [6.07, 6.45) is 0.00606. The number of alkyl halides is 3. The minimum absolute atomic E-state index is 0. The van der Waals surface area contributed by atoms with E-state index in [0.29, 0.717) is 38.4 Å². The highest BCUT2D eigenvalue weighted by molar-refractivity contribution is 6.34. The fraction of sp³-hybridized carbons (Fsp3) is 0.475. The van der Waals surface area contributed by atoms with Gasteiger partial charge in [0.25, 0.3) is 11.8 Å². The molecule has 2 aliphatic rings. The van der Waals surface area contributed by atoms with Crippen molar-refractivity contribution in [1.82, 2.24) is 39.4 Å². The molecule has 6 rings (SSSR count). The summed E-state index contributed by atoms with van der Waals surface area (Å²) in [5.41, 5.74) is -1.18. The lowest BCUT2D eigenvalue weighted by molar-refractivity contribution is -0.895. The van der Waals surface area contributed by atoms with Gasteiger partial charge in [-0.25, -0.2) is 19.4 Å². The molecule has 4 amide bonds. The van der Waals surface area contributed by atoms with Crippen molar-refractivity contribution in [2.24, 2.45) is 13.0 Å². The summed E-state index contributed by atoms with van der Waals surface area (Å²) in [6, 6.07) is 7.50. The summed E-state index contributed by atoms with van der Waals surface area (Å²) in [7, 11) is 5.75. The molecule has 0 bridgehead atoms. The predicted molar refractivity (Wildman–Crippen MR) is 218 cm³/mol. The largest absolute Gasteiger partial charge is 1.00 e. The van der Waals surface area contributed by atoms with E-state index in [1.165, 1.54) is 42.1 Å². The molecule has 0 unspecified atom stereocenters. The number of piperidine rings is 1. The van der Waals surface area contributed by atoms with E-state index in [1.807, 2.05) is 4.90 Å². The number of benzene rings is 1. The van der Waals surface area contributed by atoms with Crippen LogP contribution in [0.5, 0.6) is 0 Å². The molecule has 330 valence electrons. The van der Waals surface area contributed by atoms with E-state index in [-0.39, 0.29) is 87.4 Å². The molecule has 21 heteroatoms. The first-order valence-corrected chi connectivity index (χ1v) is 19.9. The van der Waals surface area contributed by atoms with Gasteiger partial charge in [0.05, 0.1) is 67.1 Å². The maximum absolute atomic E-state index is 14.3. The minimum Gasteiger partial charge on any atom is -1.00 e. The van der Waals surface area contributed by atoms with E-state index in [9.17, 15) is 32.3 Å². The number of piperazine rings is 1. The van der Waals surface area contributed by atoms with Crippen molar-refractivity contribution in [3.63, 3.8) is 0 Å². The second kappa shape index (κ2) is 19.0. The van der Waals surface area contributed by atoms with Gasteiger partial charge in [0.2, 0.25) is 5.91 Å². The number of aromatic nitrogens is 5. The summed E-state index contributed by atoms with van der Waals surface area (Å²) in [5.74, 6) is -0.974. The highest BCUT2D eigenvalue weighted by Crippen LogP contribution is 2.37. The standard InChI is InChI=1S/C40H49ClF3N11O5.HI/c1-39(2,3)60-38(59)46-14-13-45-27-8-10-32(47-22-27)54-24-29(33(50-54)40(42,43)44)31-23-48-34(51(31)4)35(56)49-26-7-9-28(30(41)21-26)37(58)53-17-15-52(16-18-53)36(57)25-11-19-55(5,6)20-12-25;/h7-10,21-25,45H,11-20H2,1-6H3,(H-,46,49,56,58,59);1H. The molecule has 1 aromatic carbocycles. The summed E-state index contributed by atoms with van der Waals surface area (Å²) in [4.78, 5) is 63.7. The topological polar surface area (TPSA) is 169 Å². The average molecular weight is 984 g/mol. The molecule has 5 heterocycles. The normalized spacial score (nSPS) is 15.8. The van der Waals surface area contributed by atoms with Crippen LogP contribution in [0.1, 0.15) is 60.3 Å². The van der Waals surface area contributed by atoms with Crippen molar-refractivity contribution in [3.8, 4) is 17.1 Å². The number of amides is 4. The Labute approximate surface area is 373 Å². The third-order valence-corrected chi connectivity index (χ3v) is 10.7. The second-order valence-electron chi connectivity index (χ2n) is 16.5. The molecule has 3 N–H and O–H groups in total. The molecule has 0 radical (unpaired) electrons. The van der Waals surface area contributed by atoms with Gasteiger partial charge in [0, 0.05) is 77.0 Å². The Morgan fingerprint density at radius 1 is 0.918 bits per heavy atom. The van der Waals surface area contributed by atoms with Crippen LogP contribution in [-0.4, -0.2) is 134 Å². The molecule has 0 aliphatic carbocycles. The zero-order valence-corrected chi connectivity index (χ0v) is 37.7. The number of nitrogens with one attached hydrogen (secondary N) is 3. The molecule has 2 saturated heterocycles. The Morgan fingerprint density at radius 3 is 2.18 bits per heavy atom. The van der Waals surface area contributed by atoms with Crippen LogP contribution in [0.2, 0.25) is 5.02 Å². The fourth-order valence-electron chi connectivity index (χ4n) is 7.10. The maximum Gasteiger partial charge on any atom is 0.435 e. The average Bonchev–Trinajstić information content (AvgIpc) is 3.80. The van der Waals surface area contributed by atoms with E-state index >= 15 is 0 Å². The van der Waals surface area contributed by atoms with Crippen LogP contribution in [0.3, 0.4) is 0 Å². The monoisotopic (exact) mass is 983 g/mol. The molecular weight excluding hydrogens is 934 g/mol. The number of anilines is 2. The third-order valence-electron chi connectivity index (χ3n) is 10.4. The van der Waals surface area contributed by atoms with Crippen LogP contribution in [0, 0.1) is 5.92 Å². The van der Waals surface area contributed by atoms with Crippen LogP contribution < -0.4 is 39.9 Å². The number of nitrogens with zero attached hydrogens (tertiary/aromatic N) is 8. The number of pyridine rings is 1. The van der Waals surface area contributed by atoms with Gasteiger partial charge < -0.3 is 63.5 Å². The lowest BCUT2D eigenvalue weighted by Gasteiger charge is -2.40. The zero-order valence-electron chi connectivity index (χ0n) is 34.8. The molecule has 3 aromatic heterocycles. The van der Waals surface area contributed by atoms with Crippen molar-refractivity contribution >= 4 is 46.8 Å². The van der Waals surface area contributed by atoms with Gasteiger partial charge in [-0.2, -0.15) is 18.3 Å². The Kier molecular flexibility index (Phi) is 14.6. The van der Waals surface area contributed by atoms with Crippen molar-refractivity contribution in [2.75, 3.05) is 77.1 Å². The Hall–Kier alpha value is -4.96. The smallest absolute Gasteiger partial charge is 0.435 e. The van der Waals surface area contributed by atoms with E-state index < -0.39 is 29.5 Å². The molecule has 0 atom stereocenters. The molecular formula is C40H50ClF3IN11O5. The van der Waals surface area contributed by atoms with Crippen LogP contribution >= 0.6 is 11.6 Å². The first kappa shape index (κ1) is 47.1. The van der Waals surface area contributed by atoms with E-state index in [0.717, 1.165) is 47.5 Å². The van der Waals surface area contributed by atoms with Gasteiger partial charge in [-0.1, -0.05) is 11.6 Å². The van der Waals surface area contributed by atoms with Crippen molar-refractivity contribution in [3.05, 3.63) is 71.0 Å². The number of carbonyl (C=O) groups is 4. The zero-order chi connectivity index (χ0) is 43.6. The molecule has 0 saturated carbocycles. The first-order chi connectivity index (χ1) is 28.2. The molecule has 16 nitrogen and oxygen atoms in total. The minimum atomic E-state index is -4.86. The number of hydrogen-bond donors (Lipinski definition) is 3. The molecule has 2 fully saturated rings. The van der Waals surface area contributed by atoms with Crippen LogP contribution in [0.4, 0.5) is 29.3 Å². The van der Waals surface area contributed by atoms with Crippen LogP contribution in [-0.2, 0) is 22.8 Å². The third kappa shape index (κ3) is 11.7. The highest BCUT2D eigenvalue weighted by atomic mass is 127. The number of imidazole rings is 1. The quantitative estimate of drug-likeness (QED) is 0.123. The maximum atomic E-state index is 14.3. The van der Waals surface area contributed by atoms with Crippen molar-refractivity contribution < 1.29 is 65.5 Å². The number of hydrogen-bond acceptors (Lipinski definition) is 9. The van der Waals surface area contributed by atoms with Crippen molar-refractivity contribution in [1.29, 1.82) is 0 Å². The van der Waals surface area contributed by atoms with Crippen LogP contribution in [0.25, 0.3) is 17.1 Å². The van der Waals surface area contributed by atoms with Gasteiger partial charge in [0.1, 0.15) is 5.60 Å².